The van der Waals surface area contributed by atoms with E-state index in [1.54, 1.807) is 36.1 Å². The molecule has 7 heteroatoms. The van der Waals surface area contributed by atoms with Gasteiger partial charge in [-0.2, -0.15) is 0 Å². The van der Waals surface area contributed by atoms with E-state index in [4.69, 9.17) is 22.1 Å². The van der Waals surface area contributed by atoms with Gasteiger partial charge in [0.1, 0.15) is 10.1 Å². The predicted octanol–water partition coefficient (Wildman–Crippen LogP) is 4.89. The molecule has 1 aliphatic rings. The second-order valence-corrected chi connectivity index (χ2v) is 8.24. The average molecular weight is 428 g/mol. The van der Waals surface area contributed by atoms with E-state index in [-0.39, 0.29) is 11.9 Å². The van der Waals surface area contributed by atoms with Crippen molar-refractivity contribution in [2.24, 2.45) is 0 Å². The van der Waals surface area contributed by atoms with Crippen LogP contribution < -0.4 is 4.74 Å². The Hall–Kier alpha value is -2.64. The second-order valence-electron chi connectivity index (χ2n) is 6.56. The number of carbonyl (C=O) groups excluding carboxylic acids is 1. The Kier molecular flexibility index (Phi) is 6.71. The third-order valence-electron chi connectivity index (χ3n) is 4.57. The molecule has 1 N–H and O–H groups in total. The Morgan fingerprint density at radius 2 is 1.97 bits per heavy atom. The average Bonchev–Trinajstić information content (AvgIpc) is 2.99. The van der Waals surface area contributed by atoms with Gasteiger partial charge in [0.2, 0.25) is 0 Å². The molecule has 0 aromatic heterocycles. The largest absolute Gasteiger partial charge is 0.479 e. The van der Waals surface area contributed by atoms with Crippen LogP contribution in [0.2, 0.25) is 0 Å². The number of thiocarbonyl (C=S) groups is 1. The maximum Gasteiger partial charge on any atom is 0.344 e. The molecule has 1 heterocycles. The molecule has 1 fully saturated rings. The molecule has 3 rings (SSSR count). The van der Waals surface area contributed by atoms with Crippen molar-refractivity contribution in [2.75, 3.05) is 0 Å². The first-order valence-electron chi connectivity index (χ1n) is 9.22. The summed E-state index contributed by atoms with van der Waals surface area (Å²) in [5.41, 5.74) is 1.76. The summed E-state index contributed by atoms with van der Waals surface area (Å²) >= 11 is 6.71. The summed E-state index contributed by atoms with van der Waals surface area (Å²) < 4.78 is 6.05. The quantitative estimate of drug-likeness (QED) is 0.501. The molecule has 1 amide bonds. The van der Waals surface area contributed by atoms with Crippen LogP contribution in [-0.4, -0.2) is 32.3 Å². The summed E-state index contributed by atoms with van der Waals surface area (Å²) in [5.74, 6) is -0.700. The number of amides is 1. The number of carboxylic acid groups (broad SMARTS) is 1. The van der Waals surface area contributed by atoms with Crippen LogP contribution in [0.4, 0.5) is 0 Å². The summed E-state index contributed by atoms with van der Waals surface area (Å²) in [6, 6.07) is 16.6. The molecule has 0 saturated carbocycles. The maximum absolute atomic E-state index is 13.0. The van der Waals surface area contributed by atoms with E-state index in [9.17, 15) is 9.59 Å². The Morgan fingerprint density at radius 3 is 2.62 bits per heavy atom. The SMILES string of the molecule is CCC(Oc1cccc(/C=C2/SC(=S)N(C(C)c3ccccc3)C2=O)c1)C(=O)O. The first-order chi connectivity index (χ1) is 13.9. The number of ether oxygens (including phenoxy) is 1. The van der Waals surface area contributed by atoms with Crippen LogP contribution in [0.15, 0.2) is 59.5 Å². The molecular weight excluding hydrogens is 406 g/mol. The minimum Gasteiger partial charge on any atom is -0.479 e. The van der Waals surface area contributed by atoms with E-state index in [0.717, 1.165) is 11.1 Å². The van der Waals surface area contributed by atoms with E-state index < -0.39 is 12.1 Å². The molecule has 29 heavy (non-hydrogen) atoms. The van der Waals surface area contributed by atoms with Gasteiger partial charge in [-0.05, 0) is 42.7 Å². The van der Waals surface area contributed by atoms with Crippen molar-refractivity contribution in [3.8, 4) is 5.75 Å². The van der Waals surface area contributed by atoms with Crippen LogP contribution in [-0.2, 0) is 9.59 Å². The van der Waals surface area contributed by atoms with Gasteiger partial charge in [-0.15, -0.1) is 0 Å². The Morgan fingerprint density at radius 1 is 1.24 bits per heavy atom. The molecule has 1 aliphatic heterocycles. The van der Waals surface area contributed by atoms with Crippen LogP contribution >= 0.6 is 24.0 Å². The van der Waals surface area contributed by atoms with E-state index in [2.05, 4.69) is 0 Å². The number of aliphatic carboxylic acids is 1. The van der Waals surface area contributed by atoms with Gasteiger partial charge in [0.05, 0.1) is 10.9 Å². The minimum atomic E-state index is -1.01. The molecule has 0 radical (unpaired) electrons. The third-order valence-corrected chi connectivity index (χ3v) is 5.90. The van der Waals surface area contributed by atoms with Gasteiger partial charge in [-0.3, -0.25) is 9.69 Å². The number of carboxylic acids is 1. The maximum atomic E-state index is 13.0. The van der Waals surface area contributed by atoms with Crippen LogP contribution in [0.5, 0.6) is 5.75 Å². The van der Waals surface area contributed by atoms with Crippen molar-refractivity contribution in [1.29, 1.82) is 0 Å². The highest BCUT2D eigenvalue weighted by Gasteiger charge is 2.35. The lowest BCUT2D eigenvalue weighted by molar-refractivity contribution is -0.145. The number of hydrogen-bond donors (Lipinski definition) is 1. The fourth-order valence-corrected chi connectivity index (χ4v) is 4.41. The monoisotopic (exact) mass is 427 g/mol. The zero-order valence-electron chi connectivity index (χ0n) is 16.1. The Bertz CT molecular complexity index is 958. The van der Waals surface area contributed by atoms with E-state index in [1.165, 1.54) is 11.8 Å². The molecule has 2 aromatic carbocycles. The van der Waals surface area contributed by atoms with Crippen molar-refractivity contribution in [1.82, 2.24) is 4.90 Å². The Labute approximate surface area is 179 Å². The predicted molar refractivity (Wildman–Crippen MR) is 119 cm³/mol. The van der Waals surface area contributed by atoms with Gasteiger partial charge in [0, 0.05) is 0 Å². The number of hydrogen-bond acceptors (Lipinski definition) is 5. The van der Waals surface area contributed by atoms with E-state index in [1.807, 2.05) is 43.3 Å². The molecule has 1 saturated heterocycles. The number of benzene rings is 2. The molecule has 0 spiro atoms. The summed E-state index contributed by atoms with van der Waals surface area (Å²) in [4.78, 5) is 26.3. The molecule has 0 aliphatic carbocycles. The normalized spacial score (nSPS) is 17.4. The smallest absolute Gasteiger partial charge is 0.344 e. The standard InChI is InChI=1S/C22H21NO4S2/c1-3-18(21(25)26)27-17-11-7-8-15(12-17)13-19-20(24)23(22(28)29-19)14(2)16-9-5-4-6-10-16/h4-14,18H,3H2,1-2H3,(H,25,26)/b19-13+. The summed E-state index contributed by atoms with van der Waals surface area (Å²) in [6.07, 6.45) is 1.21. The minimum absolute atomic E-state index is 0.139. The van der Waals surface area contributed by atoms with Crippen LogP contribution in [0.3, 0.4) is 0 Å². The topological polar surface area (TPSA) is 66.8 Å². The molecule has 2 atom stereocenters. The van der Waals surface area contributed by atoms with Gasteiger partial charge in [0.25, 0.3) is 5.91 Å². The molecule has 150 valence electrons. The van der Waals surface area contributed by atoms with Gasteiger partial charge in [-0.25, -0.2) is 4.79 Å². The number of nitrogens with zero attached hydrogens (tertiary/aromatic N) is 1. The van der Waals surface area contributed by atoms with Crippen LogP contribution in [0, 0.1) is 0 Å². The van der Waals surface area contributed by atoms with Crippen LogP contribution in [0.25, 0.3) is 6.08 Å². The highest BCUT2D eigenvalue weighted by Crippen LogP contribution is 2.38. The molecule has 2 unspecified atom stereocenters. The zero-order chi connectivity index (χ0) is 21.0. The van der Waals surface area contributed by atoms with Gasteiger partial charge < -0.3 is 9.84 Å². The van der Waals surface area contributed by atoms with E-state index >= 15 is 0 Å². The molecule has 2 aromatic rings. The first-order valence-corrected chi connectivity index (χ1v) is 10.4. The van der Waals surface area contributed by atoms with Crippen molar-refractivity contribution in [2.45, 2.75) is 32.4 Å². The third kappa shape index (κ3) is 4.86. The Balaban J connectivity index is 1.81. The highest BCUT2D eigenvalue weighted by molar-refractivity contribution is 8.26. The van der Waals surface area contributed by atoms with Crippen LogP contribution in [0.1, 0.15) is 37.4 Å². The zero-order valence-corrected chi connectivity index (χ0v) is 17.7. The number of rotatable bonds is 7. The lowest BCUT2D eigenvalue weighted by Gasteiger charge is -2.23. The highest BCUT2D eigenvalue weighted by atomic mass is 32.2. The van der Waals surface area contributed by atoms with E-state index in [0.29, 0.717) is 21.4 Å². The van der Waals surface area contributed by atoms with Crippen molar-refractivity contribution in [3.63, 3.8) is 0 Å². The number of thioether (sulfide) groups is 1. The summed E-state index contributed by atoms with van der Waals surface area (Å²) in [7, 11) is 0. The fraction of sp³-hybridized carbons (Fsp3) is 0.227. The van der Waals surface area contributed by atoms with Crippen molar-refractivity contribution >= 4 is 46.3 Å². The second kappa shape index (κ2) is 9.24. The molecule has 5 nitrogen and oxygen atoms in total. The van der Waals surface area contributed by atoms with Crippen molar-refractivity contribution in [3.05, 3.63) is 70.6 Å². The first kappa shape index (κ1) is 21.1. The van der Waals surface area contributed by atoms with Gasteiger partial charge >= 0.3 is 5.97 Å². The summed E-state index contributed by atoms with van der Waals surface area (Å²) in [5, 5.41) is 9.17. The number of carbonyl (C=O) groups is 2. The molecular formula is C22H21NO4S2. The van der Waals surface area contributed by atoms with Gasteiger partial charge in [0.15, 0.2) is 6.10 Å². The lowest BCUT2D eigenvalue weighted by Crippen LogP contribution is -2.30. The lowest BCUT2D eigenvalue weighted by atomic mass is 10.1. The van der Waals surface area contributed by atoms with Gasteiger partial charge in [-0.1, -0.05) is 73.4 Å². The molecule has 0 bridgehead atoms. The summed E-state index contributed by atoms with van der Waals surface area (Å²) in [6.45, 7) is 3.70. The van der Waals surface area contributed by atoms with Crippen molar-refractivity contribution < 1.29 is 19.4 Å². The fourth-order valence-electron chi connectivity index (χ4n) is 3.00.